The number of para-hydroxylation sites is 1. The summed E-state index contributed by atoms with van der Waals surface area (Å²) in [6, 6.07) is 19.4. The van der Waals surface area contributed by atoms with Crippen molar-refractivity contribution in [3.63, 3.8) is 0 Å². The molecule has 1 N–H and O–H groups in total. The molecule has 5 nitrogen and oxygen atoms in total. The highest BCUT2D eigenvalue weighted by molar-refractivity contribution is 5.33. The van der Waals surface area contributed by atoms with Crippen molar-refractivity contribution in [1.82, 2.24) is 15.1 Å². The number of ether oxygens (including phenoxy) is 2. The molecule has 4 rings (SSSR count). The molecule has 174 valence electrons. The Bertz CT molecular complexity index is 786. The molecule has 0 aromatic heterocycles. The number of rotatable bonds is 10. The summed E-state index contributed by atoms with van der Waals surface area (Å²) >= 11 is 0. The number of hydrogen-bond acceptors (Lipinski definition) is 5. The van der Waals surface area contributed by atoms with Crippen molar-refractivity contribution in [3.05, 3.63) is 65.7 Å². The van der Waals surface area contributed by atoms with Gasteiger partial charge in [-0.2, -0.15) is 0 Å². The SMILES string of the molecule is CC(CN1CCC(Oc2ccccc2CNCCN2CCOCC2)CC1)c1ccccc1. The van der Waals surface area contributed by atoms with Gasteiger partial charge in [0.15, 0.2) is 0 Å². The van der Waals surface area contributed by atoms with Crippen molar-refractivity contribution in [1.29, 1.82) is 0 Å². The summed E-state index contributed by atoms with van der Waals surface area (Å²) in [5, 5.41) is 3.60. The van der Waals surface area contributed by atoms with Crippen LogP contribution in [0, 0.1) is 0 Å². The molecule has 0 aliphatic carbocycles. The van der Waals surface area contributed by atoms with Gasteiger partial charge in [-0.3, -0.25) is 4.90 Å². The Morgan fingerprint density at radius 3 is 2.44 bits per heavy atom. The van der Waals surface area contributed by atoms with Gasteiger partial charge in [-0.15, -0.1) is 0 Å². The van der Waals surface area contributed by atoms with E-state index in [0.29, 0.717) is 12.0 Å². The molecule has 5 heteroatoms. The third-order valence-corrected chi connectivity index (χ3v) is 6.73. The molecule has 0 saturated carbocycles. The average molecular weight is 438 g/mol. The van der Waals surface area contributed by atoms with Gasteiger partial charge in [0.1, 0.15) is 11.9 Å². The number of hydrogen-bond donors (Lipinski definition) is 1. The van der Waals surface area contributed by atoms with Crippen molar-refractivity contribution in [2.24, 2.45) is 0 Å². The Labute approximate surface area is 193 Å². The van der Waals surface area contributed by atoms with Gasteiger partial charge in [-0.1, -0.05) is 55.5 Å². The molecule has 0 spiro atoms. The molecule has 2 aromatic rings. The maximum atomic E-state index is 6.48. The highest BCUT2D eigenvalue weighted by atomic mass is 16.5. The molecule has 0 bridgehead atoms. The second-order valence-corrected chi connectivity index (χ2v) is 9.17. The summed E-state index contributed by atoms with van der Waals surface area (Å²) in [5.41, 5.74) is 2.69. The molecule has 2 aromatic carbocycles. The molecular weight excluding hydrogens is 398 g/mol. The Hall–Kier alpha value is -1.92. The standard InChI is InChI=1S/C27H39N3O2/c1-23(24-7-3-2-4-8-24)22-30-14-11-26(12-15-30)32-27-10-6-5-9-25(27)21-28-13-16-29-17-19-31-20-18-29/h2-10,23,26,28H,11-22H2,1H3. The van der Waals surface area contributed by atoms with Gasteiger partial charge in [0.05, 0.1) is 13.2 Å². The first-order valence-corrected chi connectivity index (χ1v) is 12.3. The predicted molar refractivity (Wildman–Crippen MR) is 130 cm³/mol. The number of benzene rings is 2. The number of nitrogens with zero attached hydrogens (tertiary/aromatic N) is 2. The smallest absolute Gasteiger partial charge is 0.124 e. The first-order chi connectivity index (χ1) is 15.8. The van der Waals surface area contributed by atoms with Gasteiger partial charge >= 0.3 is 0 Å². The highest BCUT2D eigenvalue weighted by Gasteiger charge is 2.22. The maximum Gasteiger partial charge on any atom is 0.124 e. The summed E-state index contributed by atoms with van der Waals surface area (Å²) in [5.74, 6) is 1.61. The topological polar surface area (TPSA) is 37.0 Å². The lowest BCUT2D eigenvalue weighted by atomic mass is 9.99. The summed E-state index contributed by atoms with van der Waals surface area (Å²) in [4.78, 5) is 5.06. The molecule has 1 atom stereocenters. The van der Waals surface area contributed by atoms with E-state index in [2.05, 4.69) is 76.6 Å². The van der Waals surface area contributed by atoms with E-state index in [1.807, 2.05) is 0 Å². The Balaban J connectivity index is 1.19. The Morgan fingerprint density at radius 2 is 1.66 bits per heavy atom. The van der Waals surface area contributed by atoms with Gasteiger partial charge < -0.3 is 19.7 Å². The van der Waals surface area contributed by atoms with Crippen molar-refractivity contribution in [2.75, 3.05) is 59.0 Å². The monoisotopic (exact) mass is 437 g/mol. The Kier molecular flexibility index (Phi) is 8.97. The van der Waals surface area contributed by atoms with Crippen molar-refractivity contribution in [3.8, 4) is 5.75 Å². The molecule has 0 amide bonds. The van der Waals surface area contributed by atoms with Crippen LogP contribution in [0.2, 0.25) is 0 Å². The first-order valence-electron chi connectivity index (χ1n) is 12.3. The predicted octanol–water partition coefficient (Wildman–Crippen LogP) is 3.76. The molecule has 32 heavy (non-hydrogen) atoms. The second kappa shape index (κ2) is 12.4. The van der Waals surface area contributed by atoms with E-state index in [1.165, 1.54) is 11.1 Å². The zero-order valence-electron chi connectivity index (χ0n) is 19.5. The van der Waals surface area contributed by atoms with Gasteiger partial charge in [-0.25, -0.2) is 0 Å². The Morgan fingerprint density at radius 1 is 0.938 bits per heavy atom. The van der Waals surface area contributed by atoms with Crippen LogP contribution in [-0.4, -0.2) is 74.9 Å². The van der Waals surface area contributed by atoms with Crippen LogP contribution in [0.1, 0.15) is 36.8 Å². The minimum Gasteiger partial charge on any atom is -0.490 e. The first kappa shape index (κ1) is 23.2. The van der Waals surface area contributed by atoms with Crippen LogP contribution in [0.3, 0.4) is 0 Å². The molecule has 1 unspecified atom stereocenters. The molecule has 2 fully saturated rings. The molecule has 2 saturated heterocycles. The minimum atomic E-state index is 0.313. The van der Waals surface area contributed by atoms with Gasteiger partial charge in [0.2, 0.25) is 0 Å². The van der Waals surface area contributed by atoms with Crippen LogP contribution < -0.4 is 10.1 Å². The van der Waals surface area contributed by atoms with E-state index in [-0.39, 0.29) is 0 Å². The number of morpholine rings is 1. The lowest BCUT2D eigenvalue weighted by molar-refractivity contribution is 0.0384. The lowest BCUT2D eigenvalue weighted by Crippen LogP contribution is -2.40. The van der Waals surface area contributed by atoms with Crippen molar-refractivity contribution < 1.29 is 9.47 Å². The zero-order valence-corrected chi connectivity index (χ0v) is 19.5. The van der Waals surface area contributed by atoms with Crippen LogP contribution >= 0.6 is 0 Å². The highest BCUT2D eigenvalue weighted by Crippen LogP contribution is 2.24. The molecule has 2 aliphatic heterocycles. The quantitative estimate of drug-likeness (QED) is 0.573. The third-order valence-electron chi connectivity index (χ3n) is 6.73. The largest absolute Gasteiger partial charge is 0.490 e. The molecule has 2 aliphatic rings. The minimum absolute atomic E-state index is 0.313. The average Bonchev–Trinajstić information content (AvgIpc) is 2.85. The lowest BCUT2D eigenvalue weighted by Gasteiger charge is -2.34. The maximum absolute atomic E-state index is 6.48. The third kappa shape index (κ3) is 7.04. The fourth-order valence-electron chi connectivity index (χ4n) is 4.71. The van der Waals surface area contributed by atoms with Crippen LogP contribution in [-0.2, 0) is 11.3 Å². The van der Waals surface area contributed by atoms with E-state index in [1.54, 1.807) is 0 Å². The summed E-state index contributed by atoms with van der Waals surface area (Å²) < 4.78 is 11.9. The molecule has 0 radical (unpaired) electrons. The zero-order chi connectivity index (χ0) is 22.0. The second-order valence-electron chi connectivity index (χ2n) is 9.17. The van der Waals surface area contributed by atoms with Crippen LogP contribution in [0.25, 0.3) is 0 Å². The fourth-order valence-corrected chi connectivity index (χ4v) is 4.71. The van der Waals surface area contributed by atoms with Crippen molar-refractivity contribution in [2.45, 2.75) is 38.3 Å². The van der Waals surface area contributed by atoms with E-state index in [0.717, 1.165) is 84.2 Å². The molecule has 2 heterocycles. The fraction of sp³-hybridized carbons (Fsp3) is 0.556. The summed E-state index contributed by atoms with van der Waals surface area (Å²) in [7, 11) is 0. The van der Waals surface area contributed by atoms with Crippen LogP contribution in [0.5, 0.6) is 5.75 Å². The number of nitrogens with one attached hydrogen (secondary N) is 1. The summed E-state index contributed by atoms with van der Waals surface area (Å²) in [6.45, 7) is 12.4. The van der Waals surface area contributed by atoms with Crippen LogP contribution in [0.4, 0.5) is 0 Å². The normalized spacial score (nSPS) is 19.7. The van der Waals surface area contributed by atoms with Gasteiger partial charge in [0, 0.05) is 57.9 Å². The van der Waals surface area contributed by atoms with E-state index in [9.17, 15) is 0 Å². The van der Waals surface area contributed by atoms with E-state index >= 15 is 0 Å². The summed E-state index contributed by atoms with van der Waals surface area (Å²) in [6.07, 6.45) is 2.51. The van der Waals surface area contributed by atoms with Crippen LogP contribution in [0.15, 0.2) is 54.6 Å². The number of piperidine rings is 1. The number of likely N-dealkylation sites (tertiary alicyclic amines) is 1. The van der Waals surface area contributed by atoms with Gasteiger partial charge in [0.25, 0.3) is 0 Å². The van der Waals surface area contributed by atoms with Crippen molar-refractivity contribution >= 4 is 0 Å². The van der Waals surface area contributed by atoms with Gasteiger partial charge in [-0.05, 0) is 30.4 Å². The van der Waals surface area contributed by atoms with E-state index in [4.69, 9.17) is 9.47 Å². The molecular formula is C27H39N3O2. The van der Waals surface area contributed by atoms with E-state index < -0.39 is 0 Å².